The second-order valence-electron chi connectivity index (χ2n) is 16.2. The monoisotopic (exact) mass is 907 g/mol. The van der Waals surface area contributed by atoms with E-state index in [9.17, 15) is 19.2 Å². The van der Waals surface area contributed by atoms with Crippen LogP contribution in [0.3, 0.4) is 0 Å². The molecule has 0 bridgehead atoms. The third-order valence-corrected chi connectivity index (χ3v) is 12.4. The number of hydrogen-bond donors (Lipinski definition) is 4. The van der Waals surface area contributed by atoms with E-state index in [0.717, 1.165) is 38.2 Å². The zero-order chi connectivity index (χ0) is 46.0. The van der Waals surface area contributed by atoms with Crippen molar-refractivity contribution in [3.8, 4) is 0 Å². The van der Waals surface area contributed by atoms with Crippen LogP contribution in [0.25, 0.3) is 21.1 Å². The number of nitrogens with one attached hydrogen (secondary N) is 4. The van der Waals surface area contributed by atoms with Crippen molar-refractivity contribution in [3.63, 3.8) is 0 Å². The number of ether oxygens (including phenoxy) is 2. The third kappa shape index (κ3) is 11.1. The van der Waals surface area contributed by atoms with Gasteiger partial charge in [0.25, 0.3) is 11.8 Å². The van der Waals surface area contributed by atoms with E-state index in [1.165, 1.54) is 17.5 Å². The molecule has 4 heterocycles. The number of amides is 3. The molecule has 14 nitrogen and oxygen atoms in total. The Morgan fingerprint density at radius 2 is 1.55 bits per heavy atom. The Hall–Kier alpha value is -7.07. The molecule has 66 heavy (non-hydrogen) atoms. The van der Waals surface area contributed by atoms with Crippen molar-refractivity contribution < 1.29 is 28.3 Å². The molecule has 1 fully saturated rings. The number of thiophene rings is 1. The van der Waals surface area contributed by atoms with Gasteiger partial charge in [0.05, 0.1) is 61.1 Å². The lowest BCUT2D eigenvalue weighted by Crippen LogP contribution is -2.49. The van der Waals surface area contributed by atoms with E-state index >= 15 is 0 Å². The number of hydrogen-bond acceptors (Lipinski definition) is 12. The number of rotatable bonds is 18. The van der Waals surface area contributed by atoms with Crippen LogP contribution in [0.5, 0.6) is 0 Å². The van der Waals surface area contributed by atoms with E-state index < -0.39 is 0 Å². The first-order valence-electron chi connectivity index (χ1n) is 22.1. The highest BCUT2D eigenvalue weighted by atomic mass is 32.1. The standard InChI is InChI=1S/C51H53N7O7S/c1-33-27-39(35(3)54-37-12-5-4-6-13-37)48-40(28-33)44(59)30-47(65-48)58-21-19-57(20-22-58)46(60)17-23-63-25-26-64-24-18-52-50(61)36-29-43(49(53-31-36)55-42-15-9-7-11-34(42)2)56-51(62)41-32-66-45-16-10-8-14-38(41)45/h4-16,27-32,35,54H,17-26H2,1-3H3,(H,52,61)(H,53,55)(H,56,62)/t35-/m0/s1. The maximum absolute atomic E-state index is 13.5. The highest BCUT2D eigenvalue weighted by Crippen LogP contribution is 2.32. The summed E-state index contributed by atoms with van der Waals surface area (Å²) in [5, 5.41) is 15.9. The second-order valence-corrected chi connectivity index (χ2v) is 17.1. The Morgan fingerprint density at radius 3 is 2.35 bits per heavy atom. The Kier molecular flexibility index (Phi) is 14.7. The second kappa shape index (κ2) is 21.3. The molecule has 1 atom stereocenters. The van der Waals surface area contributed by atoms with E-state index in [2.05, 4.69) is 39.2 Å². The van der Waals surface area contributed by atoms with Gasteiger partial charge in [-0.2, -0.15) is 0 Å². The highest BCUT2D eigenvalue weighted by molar-refractivity contribution is 7.17. The minimum absolute atomic E-state index is 0.00650. The number of benzene rings is 4. The van der Waals surface area contributed by atoms with Gasteiger partial charge in [-0.1, -0.05) is 60.7 Å². The molecule has 0 aliphatic carbocycles. The highest BCUT2D eigenvalue weighted by Gasteiger charge is 2.25. The number of anilines is 5. The molecule has 8 rings (SSSR count). The Morgan fingerprint density at radius 1 is 0.803 bits per heavy atom. The van der Waals surface area contributed by atoms with Crippen molar-refractivity contribution in [2.24, 2.45) is 0 Å². The summed E-state index contributed by atoms with van der Waals surface area (Å²) in [7, 11) is 0. The maximum atomic E-state index is 13.5. The van der Waals surface area contributed by atoms with Gasteiger partial charge in [-0.3, -0.25) is 19.2 Å². The molecule has 7 aromatic rings. The van der Waals surface area contributed by atoms with E-state index in [-0.39, 0.29) is 67.5 Å². The molecule has 0 spiro atoms. The summed E-state index contributed by atoms with van der Waals surface area (Å²) in [5.41, 5.74) is 6.33. The minimum Gasteiger partial charge on any atom is -0.440 e. The van der Waals surface area contributed by atoms with Crippen LogP contribution in [0.1, 0.15) is 56.8 Å². The SMILES string of the molecule is Cc1cc([C@H](C)Nc2ccccc2)c2oc(N3CCN(C(=O)CCOCCOCCNC(=O)c4cnc(Nc5ccccc5C)c(NC(=O)c5csc6ccccc56)c4)CC3)cc(=O)c2c1. The van der Waals surface area contributed by atoms with Crippen LogP contribution in [0.2, 0.25) is 0 Å². The fraction of sp³-hybridized carbons (Fsp3) is 0.275. The zero-order valence-electron chi connectivity index (χ0n) is 37.2. The normalized spacial score (nSPS) is 13.1. The van der Waals surface area contributed by atoms with E-state index in [1.54, 1.807) is 12.1 Å². The smallest absolute Gasteiger partial charge is 0.257 e. The van der Waals surface area contributed by atoms with Crippen LogP contribution in [0.15, 0.2) is 124 Å². The Bertz CT molecular complexity index is 2890. The van der Waals surface area contributed by atoms with Gasteiger partial charge in [-0.15, -0.1) is 11.3 Å². The van der Waals surface area contributed by atoms with Gasteiger partial charge in [0, 0.05) is 77.4 Å². The number of aromatic nitrogens is 1. The number of para-hydroxylation sites is 2. The molecule has 15 heteroatoms. The molecule has 3 aromatic heterocycles. The summed E-state index contributed by atoms with van der Waals surface area (Å²) in [5.74, 6) is 0.221. The van der Waals surface area contributed by atoms with Crippen molar-refractivity contribution >= 4 is 78.9 Å². The van der Waals surface area contributed by atoms with Crippen LogP contribution in [0.4, 0.5) is 28.8 Å². The number of carbonyl (C=O) groups is 3. The summed E-state index contributed by atoms with van der Waals surface area (Å²) < 4.78 is 18.8. The first kappa shape index (κ1) is 45.5. The molecule has 4 N–H and O–H groups in total. The van der Waals surface area contributed by atoms with Gasteiger partial charge in [0.15, 0.2) is 17.1 Å². The molecular formula is C51H53N7O7S. The molecule has 1 aliphatic rings. The molecule has 1 saturated heterocycles. The van der Waals surface area contributed by atoms with Crippen LogP contribution < -0.4 is 31.6 Å². The van der Waals surface area contributed by atoms with Gasteiger partial charge in [0.1, 0.15) is 5.58 Å². The largest absolute Gasteiger partial charge is 0.440 e. The number of aryl methyl sites for hydroxylation is 2. The lowest BCUT2D eigenvalue weighted by atomic mass is 10.0. The maximum Gasteiger partial charge on any atom is 0.257 e. The molecule has 0 unspecified atom stereocenters. The average molecular weight is 908 g/mol. The van der Waals surface area contributed by atoms with Crippen LogP contribution in [0, 0.1) is 13.8 Å². The quantitative estimate of drug-likeness (QED) is 0.0609. The van der Waals surface area contributed by atoms with Gasteiger partial charge < -0.3 is 45.0 Å². The Balaban J connectivity index is 0.760. The number of pyridine rings is 1. The van der Waals surface area contributed by atoms with E-state index in [0.29, 0.717) is 66.7 Å². The average Bonchev–Trinajstić information content (AvgIpc) is 3.77. The lowest BCUT2D eigenvalue weighted by Gasteiger charge is -2.35. The molecule has 1 aliphatic heterocycles. The number of fused-ring (bicyclic) bond motifs is 2. The van der Waals surface area contributed by atoms with E-state index in [1.807, 2.05) is 114 Å². The predicted molar refractivity (Wildman–Crippen MR) is 262 cm³/mol. The third-order valence-electron chi connectivity index (χ3n) is 11.4. The minimum atomic E-state index is -0.367. The molecule has 0 saturated carbocycles. The van der Waals surface area contributed by atoms with E-state index in [4.69, 9.17) is 13.9 Å². The summed E-state index contributed by atoms with van der Waals surface area (Å²) in [6.45, 7) is 9.37. The van der Waals surface area contributed by atoms with Crippen LogP contribution in [-0.2, 0) is 14.3 Å². The first-order chi connectivity index (χ1) is 32.1. The predicted octanol–water partition coefficient (Wildman–Crippen LogP) is 8.69. The molecule has 340 valence electrons. The molecule has 3 amide bonds. The van der Waals surface area contributed by atoms with Crippen molar-refractivity contribution in [1.82, 2.24) is 15.2 Å². The summed E-state index contributed by atoms with van der Waals surface area (Å²) in [4.78, 5) is 61.5. The van der Waals surface area contributed by atoms with Gasteiger partial charge in [-0.25, -0.2) is 4.98 Å². The molecular weight excluding hydrogens is 855 g/mol. The van der Waals surface area contributed by atoms with Gasteiger partial charge in [-0.05, 0) is 68.3 Å². The topological polar surface area (TPSA) is 167 Å². The van der Waals surface area contributed by atoms with Crippen molar-refractivity contribution in [1.29, 1.82) is 0 Å². The Labute approximate surface area is 386 Å². The molecule has 4 aromatic carbocycles. The van der Waals surface area contributed by atoms with Gasteiger partial charge >= 0.3 is 0 Å². The fourth-order valence-corrected chi connectivity index (χ4v) is 8.83. The number of nitrogens with zero attached hydrogens (tertiary/aromatic N) is 3. The van der Waals surface area contributed by atoms with Gasteiger partial charge in [0.2, 0.25) is 5.91 Å². The first-order valence-corrected chi connectivity index (χ1v) is 23.0. The van der Waals surface area contributed by atoms with Crippen molar-refractivity contribution in [2.75, 3.05) is 80.0 Å². The number of carbonyl (C=O) groups excluding carboxylic acids is 3. The fourth-order valence-electron chi connectivity index (χ4n) is 7.88. The lowest BCUT2D eigenvalue weighted by molar-refractivity contribution is -0.132. The van der Waals surface area contributed by atoms with Crippen LogP contribution in [-0.4, -0.2) is 86.8 Å². The number of piperazine rings is 1. The van der Waals surface area contributed by atoms with Crippen molar-refractivity contribution in [2.45, 2.75) is 33.2 Å². The zero-order valence-corrected chi connectivity index (χ0v) is 38.0. The summed E-state index contributed by atoms with van der Waals surface area (Å²) >= 11 is 1.49. The summed E-state index contributed by atoms with van der Waals surface area (Å²) in [6.07, 6.45) is 1.70. The van der Waals surface area contributed by atoms with Crippen LogP contribution >= 0.6 is 11.3 Å². The van der Waals surface area contributed by atoms with Crippen molar-refractivity contribution in [3.05, 3.63) is 153 Å². The molecule has 0 radical (unpaired) electrons. The summed E-state index contributed by atoms with van der Waals surface area (Å²) in [6, 6.07) is 32.4.